The van der Waals surface area contributed by atoms with Gasteiger partial charge in [0.25, 0.3) is 0 Å². The number of guanidine groups is 1. The second-order valence-electron chi connectivity index (χ2n) is 7.88. The van der Waals surface area contributed by atoms with E-state index in [2.05, 4.69) is 29.5 Å². The van der Waals surface area contributed by atoms with Crippen molar-refractivity contribution in [3.05, 3.63) is 35.1 Å². The van der Waals surface area contributed by atoms with E-state index in [0.29, 0.717) is 30.2 Å². The van der Waals surface area contributed by atoms with Gasteiger partial charge in [0, 0.05) is 30.5 Å². The number of hydrogen-bond donors (Lipinski definition) is 2. The molecule has 4 atom stereocenters. The minimum absolute atomic E-state index is 0.0216. The first kappa shape index (κ1) is 18.2. The Kier molecular flexibility index (Phi) is 5.05. The van der Waals surface area contributed by atoms with Gasteiger partial charge in [-0.2, -0.15) is 0 Å². The number of hydrogen-bond acceptors (Lipinski definition) is 2. The Balaban J connectivity index is 1.69. The van der Waals surface area contributed by atoms with E-state index in [9.17, 15) is 4.39 Å². The van der Waals surface area contributed by atoms with Gasteiger partial charge in [-0.3, -0.25) is 4.99 Å². The van der Waals surface area contributed by atoms with Crippen molar-refractivity contribution >= 4 is 5.96 Å². The molecule has 0 radical (unpaired) electrons. The lowest BCUT2D eigenvalue weighted by molar-refractivity contribution is -0.106. The average molecular weight is 347 g/mol. The minimum Gasteiger partial charge on any atom is -0.377 e. The van der Waals surface area contributed by atoms with E-state index in [1.165, 1.54) is 0 Å². The van der Waals surface area contributed by atoms with Crippen molar-refractivity contribution in [1.29, 1.82) is 0 Å². The van der Waals surface area contributed by atoms with Gasteiger partial charge >= 0.3 is 0 Å². The Morgan fingerprint density at radius 2 is 2.20 bits per heavy atom. The zero-order valence-electron chi connectivity index (χ0n) is 15.9. The summed E-state index contributed by atoms with van der Waals surface area (Å²) >= 11 is 0. The monoisotopic (exact) mass is 347 g/mol. The number of aliphatic imine (C=N–C) groups is 1. The van der Waals surface area contributed by atoms with Crippen molar-refractivity contribution in [3.63, 3.8) is 0 Å². The highest BCUT2D eigenvalue weighted by Gasteiger charge is 2.59. The Morgan fingerprint density at radius 1 is 1.44 bits per heavy atom. The summed E-state index contributed by atoms with van der Waals surface area (Å²) in [5, 5.41) is 7.04. The molecule has 1 aliphatic carbocycles. The molecule has 0 bridgehead atoms. The number of ether oxygens (including phenoxy) is 1. The van der Waals surface area contributed by atoms with Gasteiger partial charge in [-0.25, -0.2) is 4.39 Å². The second-order valence-corrected chi connectivity index (χ2v) is 7.88. The first-order chi connectivity index (χ1) is 11.8. The van der Waals surface area contributed by atoms with Gasteiger partial charge in [0.2, 0.25) is 0 Å². The molecule has 3 rings (SSSR count). The molecule has 0 aromatic heterocycles. The van der Waals surface area contributed by atoms with E-state index in [-0.39, 0.29) is 17.3 Å². The van der Waals surface area contributed by atoms with Crippen molar-refractivity contribution in [2.75, 3.05) is 13.2 Å². The van der Waals surface area contributed by atoms with Crippen LogP contribution < -0.4 is 10.6 Å². The first-order valence-corrected chi connectivity index (χ1v) is 9.29. The largest absolute Gasteiger partial charge is 0.377 e. The molecule has 1 aliphatic heterocycles. The van der Waals surface area contributed by atoms with Crippen LogP contribution >= 0.6 is 0 Å². The third-order valence-electron chi connectivity index (χ3n) is 5.76. The normalized spacial score (nSPS) is 28.9. The van der Waals surface area contributed by atoms with E-state index >= 15 is 0 Å². The maximum atomic E-state index is 13.9. The molecular formula is C20H30FN3O. The van der Waals surface area contributed by atoms with Gasteiger partial charge in [-0.1, -0.05) is 26.0 Å². The lowest BCUT2D eigenvalue weighted by Crippen LogP contribution is -2.68. The number of nitrogens with zero attached hydrogens (tertiary/aromatic N) is 1. The molecule has 2 N–H and O–H groups in total. The summed E-state index contributed by atoms with van der Waals surface area (Å²) in [6, 6.07) is 5.72. The Bertz CT molecular complexity index is 658. The quantitative estimate of drug-likeness (QED) is 0.647. The van der Waals surface area contributed by atoms with Gasteiger partial charge in [0.1, 0.15) is 5.82 Å². The number of nitrogens with one attached hydrogen (secondary N) is 2. The molecule has 1 heterocycles. The lowest BCUT2D eigenvalue weighted by Gasteiger charge is -2.55. The highest BCUT2D eigenvalue weighted by Crippen LogP contribution is 2.52. The number of rotatable bonds is 4. The fourth-order valence-corrected chi connectivity index (χ4v) is 4.22. The molecule has 25 heavy (non-hydrogen) atoms. The molecule has 4 nitrogen and oxygen atoms in total. The molecule has 1 aromatic carbocycles. The predicted molar refractivity (Wildman–Crippen MR) is 99.2 cm³/mol. The van der Waals surface area contributed by atoms with Gasteiger partial charge in [0.15, 0.2) is 5.96 Å². The fourth-order valence-electron chi connectivity index (χ4n) is 4.22. The molecule has 0 amide bonds. The third kappa shape index (κ3) is 3.39. The van der Waals surface area contributed by atoms with Crippen LogP contribution in [0.25, 0.3) is 0 Å². The van der Waals surface area contributed by atoms with Crippen LogP contribution in [-0.4, -0.2) is 31.3 Å². The smallest absolute Gasteiger partial charge is 0.191 e. The van der Waals surface area contributed by atoms with Crippen LogP contribution in [0.15, 0.2) is 23.2 Å². The van der Waals surface area contributed by atoms with E-state index in [0.717, 1.165) is 24.6 Å². The minimum atomic E-state index is -0.167. The van der Waals surface area contributed by atoms with E-state index in [1.54, 1.807) is 13.0 Å². The summed E-state index contributed by atoms with van der Waals surface area (Å²) in [5.74, 6) is 1.17. The molecule has 1 aromatic rings. The number of benzene rings is 1. The van der Waals surface area contributed by atoms with Crippen LogP contribution in [-0.2, 0) is 4.74 Å². The van der Waals surface area contributed by atoms with Crippen molar-refractivity contribution in [3.8, 4) is 0 Å². The Hall–Kier alpha value is -1.62. The topological polar surface area (TPSA) is 45.7 Å². The Labute approximate surface area is 150 Å². The molecule has 1 saturated heterocycles. The van der Waals surface area contributed by atoms with Crippen LogP contribution in [0.2, 0.25) is 0 Å². The molecule has 1 saturated carbocycles. The second kappa shape index (κ2) is 6.94. The van der Waals surface area contributed by atoms with Crippen molar-refractivity contribution < 1.29 is 9.13 Å². The van der Waals surface area contributed by atoms with E-state index in [1.807, 2.05) is 26.0 Å². The number of fused-ring (bicyclic) bond motifs is 1. The van der Waals surface area contributed by atoms with Gasteiger partial charge in [0.05, 0.1) is 12.1 Å². The van der Waals surface area contributed by atoms with Crippen LogP contribution in [0.4, 0.5) is 4.39 Å². The zero-order valence-corrected chi connectivity index (χ0v) is 15.9. The molecule has 4 unspecified atom stereocenters. The zero-order chi connectivity index (χ0) is 18.2. The third-order valence-corrected chi connectivity index (χ3v) is 5.76. The molecule has 0 spiro atoms. The van der Waals surface area contributed by atoms with Crippen molar-refractivity contribution in [2.45, 2.75) is 59.2 Å². The molecule has 2 aliphatic rings. The highest BCUT2D eigenvalue weighted by molar-refractivity contribution is 5.81. The summed E-state index contributed by atoms with van der Waals surface area (Å²) in [6.45, 7) is 11.9. The number of aryl methyl sites for hydroxylation is 1. The summed E-state index contributed by atoms with van der Waals surface area (Å²) < 4.78 is 19.7. The lowest BCUT2D eigenvalue weighted by atomic mass is 9.57. The van der Waals surface area contributed by atoms with Crippen LogP contribution in [0.3, 0.4) is 0 Å². The summed E-state index contributed by atoms with van der Waals surface area (Å²) in [5.41, 5.74) is 1.68. The predicted octanol–water partition coefficient (Wildman–Crippen LogP) is 3.56. The summed E-state index contributed by atoms with van der Waals surface area (Å²) in [7, 11) is 0. The van der Waals surface area contributed by atoms with Gasteiger partial charge in [-0.05, 0) is 44.4 Å². The molecule has 5 heteroatoms. The molecular weight excluding hydrogens is 317 g/mol. The Morgan fingerprint density at radius 3 is 2.88 bits per heavy atom. The molecule has 2 fully saturated rings. The van der Waals surface area contributed by atoms with Crippen LogP contribution in [0, 0.1) is 24.1 Å². The fraction of sp³-hybridized carbons (Fsp3) is 0.650. The van der Waals surface area contributed by atoms with Crippen molar-refractivity contribution in [2.24, 2.45) is 16.3 Å². The SMILES string of the molecule is CCN=C(NC(C)c1ccc(C)c(F)c1)NC1C2CCOC2C1(C)C. The summed E-state index contributed by atoms with van der Waals surface area (Å²) in [6.07, 6.45) is 1.45. The maximum Gasteiger partial charge on any atom is 0.191 e. The van der Waals surface area contributed by atoms with Gasteiger partial charge in [-0.15, -0.1) is 0 Å². The van der Waals surface area contributed by atoms with Crippen LogP contribution in [0.5, 0.6) is 0 Å². The van der Waals surface area contributed by atoms with E-state index < -0.39 is 0 Å². The standard InChI is InChI=1S/C20H30FN3O/c1-6-22-19(23-13(3)14-8-7-12(2)16(21)11-14)24-17-15-9-10-25-18(15)20(17,4)5/h7-8,11,13,15,17-18H,6,9-10H2,1-5H3,(H2,22,23,24). The number of halogens is 1. The van der Waals surface area contributed by atoms with E-state index in [4.69, 9.17) is 4.74 Å². The first-order valence-electron chi connectivity index (χ1n) is 9.29. The molecule has 138 valence electrons. The van der Waals surface area contributed by atoms with Crippen LogP contribution in [0.1, 0.15) is 51.3 Å². The average Bonchev–Trinajstić information content (AvgIpc) is 3.02. The van der Waals surface area contributed by atoms with Crippen molar-refractivity contribution in [1.82, 2.24) is 10.6 Å². The maximum absolute atomic E-state index is 13.9. The summed E-state index contributed by atoms with van der Waals surface area (Å²) in [4.78, 5) is 4.59. The van der Waals surface area contributed by atoms with Gasteiger partial charge < -0.3 is 15.4 Å². The highest BCUT2D eigenvalue weighted by atomic mass is 19.1.